The molecule has 5 rings (SSSR count). The average molecular weight is 532 g/mol. The van der Waals surface area contributed by atoms with Crippen LogP contribution in [0.1, 0.15) is 16.7 Å². The molecule has 0 unspecified atom stereocenters. The molecular weight excluding hydrogens is 518 g/mol. The summed E-state index contributed by atoms with van der Waals surface area (Å²) in [7, 11) is 0. The molecule has 2 aromatic carbocycles. The highest BCUT2D eigenvalue weighted by Gasteiger charge is 2.36. The molecule has 0 aliphatic heterocycles. The molecule has 8 nitrogen and oxygen atoms in total. The van der Waals surface area contributed by atoms with E-state index in [9.17, 15) is 31.1 Å². The Labute approximate surface area is 208 Å². The second-order valence-electron chi connectivity index (χ2n) is 8.06. The van der Waals surface area contributed by atoms with Crippen LogP contribution >= 0.6 is 0 Å². The van der Waals surface area contributed by atoms with Gasteiger partial charge in [0.15, 0.2) is 0 Å². The SMILES string of the molecule is O=c1ncn(Cc2c(F)cc(F)cc2F)c2ccc(Oc3ncc(Cn4nccn4)cc3C(F)(F)F)cc12. The molecular formula is C24H14F6N6O2. The molecule has 3 aromatic heterocycles. The lowest BCUT2D eigenvalue weighted by Crippen LogP contribution is -2.15. The zero-order valence-electron chi connectivity index (χ0n) is 19.0. The molecule has 0 saturated carbocycles. The van der Waals surface area contributed by atoms with Gasteiger partial charge in [-0.15, -0.1) is 0 Å². The van der Waals surface area contributed by atoms with E-state index < -0.39 is 52.7 Å². The Balaban J connectivity index is 1.49. The van der Waals surface area contributed by atoms with Gasteiger partial charge in [0.25, 0.3) is 5.56 Å². The molecule has 0 bridgehead atoms. The molecule has 5 aromatic rings. The lowest BCUT2D eigenvalue weighted by Gasteiger charge is -2.15. The summed E-state index contributed by atoms with van der Waals surface area (Å²) in [5.74, 6) is -4.27. The Morgan fingerprint density at radius 2 is 1.61 bits per heavy atom. The van der Waals surface area contributed by atoms with Crippen molar-refractivity contribution in [3.8, 4) is 11.6 Å². The minimum absolute atomic E-state index is 0.0558. The highest BCUT2D eigenvalue weighted by molar-refractivity contribution is 5.79. The number of benzene rings is 2. The van der Waals surface area contributed by atoms with Gasteiger partial charge in [0.1, 0.15) is 28.8 Å². The van der Waals surface area contributed by atoms with Gasteiger partial charge in [-0.25, -0.2) is 18.2 Å². The van der Waals surface area contributed by atoms with Crippen molar-refractivity contribution in [1.82, 2.24) is 29.5 Å². The van der Waals surface area contributed by atoms with Crippen LogP contribution in [0.15, 0.2) is 66.1 Å². The normalized spacial score (nSPS) is 11.7. The van der Waals surface area contributed by atoms with Gasteiger partial charge in [-0.1, -0.05) is 0 Å². The highest BCUT2D eigenvalue weighted by atomic mass is 19.4. The van der Waals surface area contributed by atoms with Crippen molar-refractivity contribution >= 4 is 10.9 Å². The molecule has 0 amide bonds. The number of nitrogens with zero attached hydrogens (tertiary/aromatic N) is 6. The first-order chi connectivity index (χ1) is 18.1. The second kappa shape index (κ2) is 9.61. The predicted octanol–water partition coefficient (Wildman–Crippen LogP) is 4.71. The quantitative estimate of drug-likeness (QED) is 0.295. The largest absolute Gasteiger partial charge is 0.438 e. The van der Waals surface area contributed by atoms with Gasteiger partial charge in [-0.2, -0.15) is 33.1 Å². The molecule has 38 heavy (non-hydrogen) atoms. The van der Waals surface area contributed by atoms with E-state index in [4.69, 9.17) is 4.74 Å². The maximum absolute atomic E-state index is 14.1. The molecule has 0 spiro atoms. The Bertz CT molecular complexity index is 1680. The maximum Gasteiger partial charge on any atom is 0.421 e. The van der Waals surface area contributed by atoms with Gasteiger partial charge in [0, 0.05) is 23.9 Å². The first kappa shape index (κ1) is 24.9. The van der Waals surface area contributed by atoms with E-state index in [-0.39, 0.29) is 28.8 Å². The van der Waals surface area contributed by atoms with Crippen LogP contribution in [0.4, 0.5) is 26.3 Å². The fourth-order valence-electron chi connectivity index (χ4n) is 3.74. The summed E-state index contributed by atoms with van der Waals surface area (Å²) in [6.07, 6.45) is 0.166. The number of hydrogen-bond donors (Lipinski definition) is 0. The molecule has 0 radical (unpaired) electrons. The van der Waals surface area contributed by atoms with Crippen LogP contribution < -0.4 is 10.3 Å². The molecule has 0 aliphatic rings. The number of rotatable bonds is 6. The summed E-state index contributed by atoms with van der Waals surface area (Å²) < 4.78 is 89.5. The van der Waals surface area contributed by atoms with E-state index in [0.717, 1.165) is 18.5 Å². The summed E-state index contributed by atoms with van der Waals surface area (Å²) in [4.78, 5) is 21.0. The fourth-order valence-corrected chi connectivity index (χ4v) is 3.74. The van der Waals surface area contributed by atoms with E-state index in [0.29, 0.717) is 12.1 Å². The Morgan fingerprint density at radius 1 is 0.895 bits per heavy atom. The van der Waals surface area contributed by atoms with Gasteiger partial charge in [-0.05, 0) is 29.8 Å². The zero-order valence-corrected chi connectivity index (χ0v) is 19.0. The lowest BCUT2D eigenvalue weighted by molar-refractivity contribution is -0.138. The number of pyridine rings is 1. The van der Waals surface area contributed by atoms with Crippen molar-refractivity contribution in [2.75, 3.05) is 0 Å². The van der Waals surface area contributed by atoms with Crippen LogP contribution in [-0.2, 0) is 19.3 Å². The van der Waals surface area contributed by atoms with Crippen molar-refractivity contribution in [2.45, 2.75) is 19.3 Å². The van der Waals surface area contributed by atoms with Crippen molar-refractivity contribution in [3.05, 3.63) is 106 Å². The van der Waals surface area contributed by atoms with Crippen LogP contribution in [0.2, 0.25) is 0 Å². The average Bonchev–Trinajstić information content (AvgIpc) is 3.36. The summed E-state index contributed by atoms with van der Waals surface area (Å²) in [6.45, 7) is -0.492. The van der Waals surface area contributed by atoms with E-state index in [2.05, 4.69) is 20.2 Å². The molecule has 0 N–H and O–H groups in total. The molecule has 0 aliphatic carbocycles. The summed E-state index contributed by atoms with van der Waals surface area (Å²) >= 11 is 0. The molecule has 0 atom stereocenters. The summed E-state index contributed by atoms with van der Waals surface area (Å²) in [5, 5.41) is 7.60. The van der Waals surface area contributed by atoms with E-state index >= 15 is 0 Å². The van der Waals surface area contributed by atoms with E-state index in [1.807, 2.05) is 0 Å². The van der Waals surface area contributed by atoms with E-state index in [1.165, 1.54) is 40.1 Å². The predicted molar refractivity (Wildman–Crippen MR) is 120 cm³/mol. The maximum atomic E-state index is 14.1. The van der Waals surface area contributed by atoms with Gasteiger partial charge in [0.2, 0.25) is 5.88 Å². The Morgan fingerprint density at radius 3 is 2.29 bits per heavy atom. The van der Waals surface area contributed by atoms with Gasteiger partial charge < -0.3 is 9.30 Å². The number of ether oxygens (including phenoxy) is 1. The van der Waals surface area contributed by atoms with Crippen LogP contribution in [0, 0.1) is 17.5 Å². The molecule has 0 fully saturated rings. The monoisotopic (exact) mass is 532 g/mol. The Kier molecular flexibility index (Phi) is 6.30. The summed E-state index contributed by atoms with van der Waals surface area (Å²) in [5.41, 5.74) is -2.05. The van der Waals surface area contributed by atoms with Gasteiger partial charge >= 0.3 is 6.18 Å². The number of fused-ring (bicyclic) bond motifs is 1. The molecule has 194 valence electrons. The highest BCUT2D eigenvalue weighted by Crippen LogP contribution is 2.37. The lowest BCUT2D eigenvalue weighted by atomic mass is 10.1. The summed E-state index contributed by atoms with van der Waals surface area (Å²) in [6, 6.07) is 5.61. The Hall–Kier alpha value is -4.75. The van der Waals surface area contributed by atoms with Crippen molar-refractivity contribution in [2.24, 2.45) is 0 Å². The van der Waals surface area contributed by atoms with E-state index in [1.54, 1.807) is 0 Å². The number of alkyl halides is 3. The third-order valence-corrected chi connectivity index (χ3v) is 5.47. The third kappa shape index (κ3) is 5.05. The minimum Gasteiger partial charge on any atom is -0.438 e. The second-order valence-corrected chi connectivity index (χ2v) is 8.06. The number of aromatic nitrogens is 6. The standard InChI is InChI=1S/C24H14F6N6O2/c25-14-6-19(26)17(20(27)7-14)11-35-12-32-22(37)16-8-15(1-2-21(16)35)38-23-18(24(28,29)30)5-13(9-31-23)10-36-33-3-4-34-36/h1-9,12H,10-11H2. The molecule has 14 heteroatoms. The van der Waals surface area contributed by atoms with Crippen molar-refractivity contribution < 1.29 is 31.1 Å². The smallest absolute Gasteiger partial charge is 0.421 e. The number of halogens is 6. The third-order valence-electron chi connectivity index (χ3n) is 5.47. The first-order valence-corrected chi connectivity index (χ1v) is 10.8. The van der Waals surface area contributed by atoms with Crippen LogP contribution in [-0.4, -0.2) is 29.5 Å². The fraction of sp³-hybridized carbons (Fsp3) is 0.125. The van der Waals surface area contributed by atoms with Crippen molar-refractivity contribution in [1.29, 1.82) is 0 Å². The minimum atomic E-state index is -4.82. The topological polar surface area (TPSA) is 87.7 Å². The number of hydrogen-bond acceptors (Lipinski definition) is 6. The van der Waals surface area contributed by atoms with Crippen LogP contribution in [0.3, 0.4) is 0 Å². The van der Waals surface area contributed by atoms with Crippen molar-refractivity contribution in [3.63, 3.8) is 0 Å². The first-order valence-electron chi connectivity index (χ1n) is 10.8. The van der Waals surface area contributed by atoms with Crippen LogP contribution in [0.25, 0.3) is 10.9 Å². The van der Waals surface area contributed by atoms with Gasteiger partial charge in [-0.3, -0.25) is 4.79 Å². The van der Waals surface area contributed by atoms with Crippen LogP contribution in [0.5, 0.6) is 11.6 Å². The van der Waals surface area contributed by atoms with Gasteiger partial charge in [0.05, 0.1) is 42.7 Å². The molecule has 0 saturated heterocycles. The molecule has 3 heterocycles. The zero-order chi connectivity index (χ0) is 27.0.